The zero-order valence-electron chi connectivity index (χ0n) is 26.1. The van der Waals surface area contributed by atoms with Crippen LogP contribution in [0.1, 0.15) is 66.1 Å². The second kappa shape index (κ2) is 15.6. The second-order valence-electron chi connectivity index (χ2n) is 12.0. The van der Waals surface area contributed by atoms with Crippen LogP contribution in [0.25, 0.3) is 10.9 Å². The number of amides is 1. The van der Waals surface area contributed by atoms with E-state index in [1.165, 1.54) is 12.1 Å². The number of aliphatic carboxylic acids is 1. The number of nitrogens with zero attached hydrogens (tertiary/aromatic N) is 1. The minimum atomic E-state index is -0.997. The predicted octanol–water partition coefficient (Wildman–Crippen LogP) is 5.52. The van der Waals surface area contributed by atoms with Crippen LogP contribution in [-0.4, -0.2) is 69.9 Å². The zero-order valence-corrected chi connectivity index (χ0v) is 27.7. The van der Waals surface area contributed by atoms with Crippen LogP contribution in [-0.2, 0) is 10.2 Å². The summed E-state index contributed by atoms with van der Waals surface area (Å²) in [5, 5.41) is 34.7. The van der Waals surface area contributed by atoms with E-state index in [4.69, 9.17) is 4.74 Å². The van der Waals surface area contributed by atoms with Gasteiger partial charge in [-0.05, 0) is 91.9 Å². The number of hydrogen-bond donors (Lipinski definition) is 5. The van der Waals surface area contributed by atoms with Crippen LogP contribution >= 0.6 is 15.9 Å². The van der Waals surface area contributed by atoms with Crippen molar-refractivity contribution >= 4 is 38.7 Å². The van der Waals surface area contributed by atoms with Crippen molar-refractivity contribution in [2.24, 2.45) is 0 Å². The van der Waals surface area contributed by atoms with E-state index in [0.29, 0.717) is 66.9 Å². The number of piperidine rings is 1. The molecule has 3 aromatic carbocycles. The Labute approximate surface area is 281 Å². The summed E-state index contributed by atoms with van der Waals surface area (Å²) in [6.45, 7) is 2.41. The first kappa shape index (κ1) is 34.2. The molecule has 4 aromatic rings. The number of aromatic amines is 1. The van der Waals surface area contributed by atoms with Crippen LogP contribution in [0, 0.1) is 0 Å². The van der Waals surface area contributed by atoms with Crippen molar-refractivity contribution in [3.8, 4) is 11.5 Å². The summed E-state index contributed by atoms with van der Waals surface area (Å²) in [5.74, 6) is -0.306. The molecule has 1 fully saturated rings. The Bertz CT molecular complexity index is 1730. The van der Waals surface area contributed by atoms with Gasteiger partial charge in [-0.25, -0.2) is 0 Å². The van der Waals surface area contributed by atoms with Crippen molar-refractivity contribution in [3.63, 3.8) is 0 Å². The number of carbonyl (C=O) groups excluding carboxylic acids is 1. The fourth-order valence-electron chi connectivity index (χ4n) is 6.16. The number of hydrogen-bond acceptors (Lipinski definition) is 7. The number of fused-ring (bicyclic) bond motifs is 1. The molecule has 0 bridgehead atoms. The minimum absolute atomic E-state index is 0.0318. The monoisotopic (exact) mass is 705 g/mol. The molecule has 0 unspecified atom stereocenters. The molecule has 1 aliphatic rings. The number of H-pyrrole nitrogens is 1. The van der Waals surface area contributed by atoms with Gasteiger partial charge in [0.05, 0.1) is 23.6 Å². The van der Waals surface area contributed by atoms with Gasteiger partial charge in [0.2, 0.25) is 5.56 Å². The normalized spacial score (nSPS) is 15.0. The van der Waals surface area contributed by atoms with Gasteiger partial charge in [0, 0.05) is 41.1 Å². The lowest BCUT2D eigenvalue weighted by atomic mass is 9.72. The van der Waals surface area contributed by atoms with Gasteiger partial charge < -0.3 is 35.3 Å². The number of likely N-dealkylation sites (tertiary alicyclic amines) is 1. The fraction of sp³-hybridized carbons (Fsp3) is 0.361. The number of carbonyl (C=O) groups is 2. The number of rotatable bonds is 14. The molecule has 0 spiro atoms. The van der Waals surface area contributed by atoms with Gasteiger partial charge in [-0.15, -0.1) is 0 Å². The average molecular weight is 707 g/mol. The van der Waals surface area contributed by atoms with E-state index >= 15 is 0 Å². The third kappa shape index (κ3) is 8.22. The number of halogens is 1. The average Bonchev–Trinajstić information content (AvgIpc) is 3.08. The van der Waals surface area contributed by atoms with Crippen LogP contribution in [0.5, 0.6) is 11.5 Å². The van der Waals surface area contributed by atoms with E-state index in [-0.39, 0.29) is 17.2 Å². The van der Waals surface area contributed by atoms with Crippen molar-refractivity contribution in [2.75, 3.05) is 32.8 Å². The summed E-state index contributed by atoms with van der Waals surface area (Å²) >= 11 is 3.40. The van der Waals surface area contributed by atoms with Crippen LogP contribution in [0.3, 0.4) is 0 Å². The number of aliphatic hydroxyl groups is 1. The molecule has 0 radical (unpaired) electrons. The van der Waals surface area contributed by atoms with Crippen LogP contribution < -0.4 is 15.6 Å². The molecule has 5 rings (SSSR count). The van der Waals surface area contributed by atoms with E-state index in [0.717, 1.165) is 42.3 Å². The van der Waals surface area contributed by atoms with E-state index in [1.54, 1.807) is 41.3 Å². The van der Waals surface area contributed by atoms with Gasteiger partial charge in [-0.3, -0.25) is 14.4 Å². The first-order valence-corrected chi connectivity index (χ1v) is 16.7. The van der Waals surface area contributed by atoms with Crippen molar-refractivity contribution in [2.45, 2.75) is 50.0 Å². The molecular formula is C36H40BrN3O7. The predicted molar refractivity (Wildman–Crippen MR) is 183 cm³/mol. The molecule has 0 saturated carbocycles. The summed E-state index contributed by atoms with van der Waals surface area (Å²) in [5.41, 5.74) is 0.962. The van der Waals surface area contributed by atoms with Crippen molar-refractivity contribution in [1.29, 1.82) is 0 Å². The van der Waals surface area contributed by atoms with Gasteiger partial charge in [-0.2, -0.15) is 0 Å². The van der Waals surface area contributed by atoms with Crippen LogP contribution in [0.4, 0.5) is 0 Å². The summed E-state index contributed by atoms with van der Waals surface area (Å²) in [4.78, 5) is 41.4. The Morgan fingerprint density at radius 2 is 1.64 bits per heavy atom. The number of aliphatic hydroxyl groups excluding tert-OH is 1. The molecule has 1 saturated heterocycles. The summed E-state index contributed by atoms with van der Waals surface area (Å²) in [6.07, 6.45) is 3.76. The number of phenolic OH excluding ortho intramolecular Hbond substituents is 1. The van der Waals surface area contributed by atoms with Gasteiger partial charge in [0.1, 0.15) is 11.5 Å². The van der Waals surface area contributed by atoms with Crippen LogP contribution in [0.2, 0.25) is 0 Å². The Hall–Kier alpha value is -4.19. The number of carboxylic acid groups (broad SMARTS) is 1. The molecule has 1 amide bonds. The molecule has 11 heteroatoms. The number of phenols is 1. The van der Waals surface area contributed by atoms with Gasteiger partial charge in [-0.1, -0.05) is 47.0 Å². The number of unbranched alkanes of at least 4 members (excludes halogenated alkanes) is 3. The number of aromatic hydroxyl groups is 1. The zero-order chi connectivity index (χ0) is 33.4. The highest BCUT2D eigenvalue weighted by molar-refractivity contribution is 9.10. The first-order chi connectivity index (χ1) is 22.7. The Morgan fingerprint density at radius 3 is 2.34 bits per heavy atom. The first-order valence-electron chi connectivity index (χ1n) is 15.9. The maximum absolute atomic E-state index is 13.2. The molecule has 10 nitrogen and oxygen atoms in total. The molecule has 47 heavy (non-hydrogen) atoms. The highest BCUT2D eigenvalue weighted by Crippen LogP contribution is 2.37. The third-order valence-electron chi connectivity index (χ3n) is 8.93. The van der Waals surface area contributed by atoms with Crippen molar-refractivity contribution in [1.82, 2.24) is 15.2 Å². The molecule has 0 aliphatic carbocycles. The molecule has 1 aliphatic heterocycles. The number of aromatic nitrogens is 1. The standard InChI is InChI=1S/C36H40BrN3O7/c37-26-9-7-25(8-10-26)36(35(45)46)17-20-40(21-18-36)34(44)24-5-11-27(12-6-24)47-22-4-2-1-3-19-38-23-31(42)28-13-15-30(41)33-29(28)14-16-32(43)39-33/h5-16,31,38,41-42H,1-4,17-23H2,(H,39,43)(H,45,46)/t31-/m0/s1. The Kier molecular flexibility index (Phi) is 11.3. The summed E-state index contributed by atoms with van der Waals surface area (Å²) in [7, 11) is 0. The summed E-state index contributed by atoms with van der Waals surface area (Å²) in [6, 6.07) is 20.6. The third-order valence-corrected chi connectivity index (χ3v) is 9.46. The smallest absolute Gasteiger partial charge is 0.314 e. The molecule has 5 N–H and O–H groups in total. The number of nitrogens with one attached hydrogen (secondary N) is 2. The highest BCUT2D eigenvalue weighted by Gasteiger charge is 2.44. The van der Waals surface area contributed by atoms with Crippen molar-refractivity contribution < 1.29 is 29.6 Å². The second-order valence-corrected chi connectivity index (χ2v) is 12.9. The quantitative estimate of drug-likeness (QED) is 0.108. The highest BCUT2D eigenvalue weighted by atomic mass is 79.9. The number of benzene rings is 3. The fourth-order valence-corrected chi connectivity index (χ4v) is 6.42. The molecule has 2 heterocycles. The molecule has 248 valence electrons. The van der Waals surface area contributed by atoms with E-state index < -0.39 is 17.5 Å². The minimum Gasteiger partial charge on any atom is -0.506 e. The number of pyridine rings is 1. The number of ether oxygens (including phenoxy) is 1. The lowest BCUT2D eigenvalue weighted by molar-refractivity contribution is -0.145. The molecular weight excluding hydrogens is 666 g/mol. The van der Waals surface area contributed by atoms with Gasteiger partial charge in [0.25, 0.3) is 5.91 Å². The maximum atomic E-state index is 13.2. The van der Waals surface area contributed by atoms with E-state index in [9.17, 15) is 29.7 Å². The SMILES string of the molecule is O=C(c1ccc(OCCCCCCNC[C@H](O)c2ccc(O)c3[nH]c(=O)ccc23)cc1)N1CCC(C(=O)O)(c2ccc(Br)cc2)CC1. The molecule has 1 aromatic heterocycles. The van der Waals surface area contributed by atoms with Crippen LogP contribution in [0.15, 0.2) is 82.1 Å². The van der Waals surface area contributed by atoms with Gasteiger partial charge in [0.15, 0.2) is 0 Å². The van der Waals surface area contributed by atoms with Crippen molar-refractivity contribution in [3.05, 3.63) is 104 Å². The number of carboxylic acids is 1. The molecule has 1 atom stereocenters. The largest absolute Gasteiger partial charge is 0.506 e. The topological polar surface area (TPSA) is 152 Å². The lowest BCUT2D eigenvalue weighted by Gasteiger charge is -2.39. The van der Waals surface area contributed by atoms with E-state index in [2.05, 4.69) is 26.2 Å². The summed E-state index contributed by atoms with van der Waals surface area (Å²) < 4.78 is 6.77. The van der Waals surface area contributed by atoms with Gasteiger partial charge >= 0.3 is 5.97 Å². The maximum Gasteiger partial charge on any atom is 0.314 e. The Morgan fingerprint density at radius 1 is 0.936 bits per heavy atom. The Balaban J connectivity index is 0.977. The lowest BCUT2D eigenvalue weighted by Crippen LogP contribution is -2.49. The van der Waals surface area contributed by atoms with E-state index in [1.807, 2.05) is 24.3 Å².